The molecule has 0 fully saturated rings. The molecule has 10 heteroatoms. The highest BCUT2D eigenvalue weighted by atomic mass is 32.2. The number of amides is 1. The molecular weight excluding hydrogens is 410 g/mol. The number of H-pyrrole nitrogens is 1. The van der Waals surface area contributed by atoms with Gasteiger partial charge < -0.3 is 4.98 Å². The number of carbonyl (C=O) groups is 1. The van der Waals surface area contributed by atoms with Crippen LogP contribution in [0.25, 0.3) is 17.0 Å². The maximum absolute atomic E-state index is 12.5. The van der Waals surface area contributed by atoms with Crippen molar-refractivity contribution in [3.05, 3.63) is 41.1 Å². The third-order valence-corrected chi connectivity index (χ3v) is 7.41. The van der Waals surface area contributed by atoms with E-state index in [2.05, 4.69) is 20.5 Å². The topological polar surface area (TPSA) is 129 Å². The molecule has 2 N–H and O–H groups in total. The molecule has 0 unspecified atom stereocenters. The van der Waals surface area contributed by atoms with E-state index in [1.54, 1.807) is 13.8 Å². The minimum Gasteiger partial charge on any atom is -0.358 e. The van der Waals surface area contributed by atoms with E-state index in [9.17, 15) is 18.5 Å². The Labute approximate surface area is 172 Å². The Bertz CT molecular complexity index is 1250. The third kappa shape index (κ3) is 4.52. The second kappa shape index (κ2) is 8.14. The molecule has 0 aliphatic rings. The summed E-state index contributed by atoms with van der Waals surface area (Å²) in [5.74, 6) is -0.797. The number of nitriles is 1. The first kappa shape index (κ1) is 20.7. The second-order valence-corrected chi connectivity index (χ2v) is 10.1. The van der Waals surface area contributed by atoms with Crippen LogP contribution in [0.1, 0.15) is 25.1 Å². The van der Waals surface area contributed by atoms with Crippen molar-refractivity contribution >= 4 is 49.2 Å². The molecule has 1 amide bonds. The zero-order chi connectivity index (χ0) is 21.2. The maximum Gasteiger partial charge on any atom is 0.268 e. The number of fused-ring (bicyclic) bond motifs is 1. The molecule has 0 atom stereocenters. The summed E-state index contributed by atoms with van der Waals surface area (Å²) in [6.07, 6.45) is 1.50. The van der Waals surface area contributed by atoms with E-state index in [0.717, 1.165) is 33.5 Å². The summed E-state index contributed by atoms with van der Waals surface area (Å²) >= 11 is 0.767. The molecule has 29 heavy (non-hydrogen) atoms. The van der Waals surface area contributed by atoms with Gasteiger partial charge in [0, 0.05) is 22.2 Å². The number of aromatic nitrogens is 3. The fourth-order valence-corrected chi connectivity index (χ4v) is 5.44. The lowest BCUT2D eigenvalue weighted by molar-refractivity contribution is -0.112. The van der Waals surface area contributed by atoms with Gasteiger partial charge in [0.1, 0.15) is 11.6 Å². The summed E-state index contributed by atoms with van der Waals surface area (Å²) in [6, 6.07) is 9.46. The maximum atomic E-state index is 12.5. The average molecular weight is 430 g/mol. The minimum absolute atomic E-state index is 0.0223. The van der Waals surface area contributed by atoms with Crippen LogP contribution in [0.3, 0.4) is 0 Å². The molecule has 0 saturated heterocycles. The van der Waals surface area contributed by atoms with Gasteiger partial charge in [-0.25, -0.2) is 8.42 Å². The Morgan fingerprint density at radius 3 is 2.76 bits per heavy atom. The third-order valence-electron chi connectivity index (χ3n) is 4.04. The first-order chi connectivity index (χ1) is 13.7. The number of carbonyl (C=O) groups excluding carboxylic acids is 1. The summed E-state index contributed by atoms with van der Waals surface area (Å²) in [4.78, 5) is 15.7. The lowest BCUT2D eigenvalue weighted by Gasteiger charge is -2.02. The zero-order valence-electron chi connectivity index (χ0n) is 16.1. The highest BCUT2D eigenvalue weighted by Gasteiger charge is 2.23. The van der Waals surface area contributed by atoms with E-state index in [1.165, 1.54) is 6.08 Å². The highest BCUT2D eigenvalue weighted by molar-refractivity contribution is 7.93. The standard InChI is InChI=1S/C19H19N5O3S2/c1-11(2)10-29(26,27)19-24-23-18(28-19)22-17(25)13(9-20)8-15-12(3)21-16-7-5-4-6-14(15)16/h4-8,11,21H,10H2,1-3H3,(H,22,23,25)/b13-8-. The Balaban J connectivity index is 1.85. The summed E-state index contributed by atoms with van der Waals surface area (Å²) in [5, 5.41) is 20.2. The van der Waals surface area contributed by atoms with E-state index in [1.807, 2.05) is 37.3 Å². The fourth-order valence-electron chi connectivity index (χ4n) is 2.84. The van der Waals surface area contributed by atoms with Gasteiger partial charge in [0.2, 0.25) is 19.3 Å². The predicted octanol–water partition coefficient (Wildman–Crippen LogP) is 3.30. The summed E-state index contributed by atoms with van der Waals surface area (Å²) in [7, 11) is -3.56. The van der Waals surface area contributed by atoms with Gasteiger partial charge in [0.15, 0.2) is 0 Å². The second-order valence-electron chi connectivity index (χ2n) is 6.88. The lowest BCUT2D eigenvalue weighted by atomic mass is 10.1. The van der Waals surface area contributed by atoms with Crippen molar-refractivity contribution in [3.8, 4) is 6.07 Å². The molecule has 2 aromatic heterocycles. The smallest absolute Gasteiger partial charge is 0.268 e. The van der Waals surface area contributed by atoms with Crippen molar-refractivity contribution in [3.63, 3.8) is 0 Å². The van der Waals surface area contributed by atoms with Crippen molar-refractivity contribution in [2.75, 3.05) is 11.1 Å². The monoisotopic (exact) mass is 429 g/mol. The Morgan fingerprint density at radius 1 is 1.34 bits per heavy atom. The number of anilines is 1. The predicted molar refractivity (Wildman–Crippen MR) is 112 cm³/mol. The summed E-state index contributed by atoms with van der Waals surface area (Å²) in [5.41, 5.74) is 2.34. The quantitative estimate of drug-likeness (QED) is 0.351. The number of hydrogen-bond donors (Lipinski definition) is 2. The number of nitrogens with zero attached hydrogens (tertiary/aromatic N) is 3. The Kier molecular flexibility index (Phi) is 5.81. The Hall–Kier alpha value is -3.03. The normalized spacial score (nSPS) is 12.3. The molecule has 0 aliphatic heterocycles. The molecule has 8 nitrogen and oxygen atoms in total. The van der Waals surface area contributed by atoms with Crippen LogP contribution >= 0.6 is 11.3 Å². The number of rotatable bonds is 6. The van der Waals surface area contributed by atoms with E-state index >= 15 is 0 Å². The van der Waals surface area contributed by atoms with Gasteiger partial charge in [-0.3, -0.25) is 10.1 Å². The van der Waals surface area contributed by atoms with Crippen molar-refractivity contribution in [1.82, 2.24) is 15.2 Å². The van der Waals surface area contributed by atoms with Crippen molar-refractivity contribution in [1.29, 1.82) is 5.26 Å². The lowest BCUT2D eigenvalue weighted by Crippen LogP contribution is -2.13. The molecule has 3 rings (SSSR count). The summed E-state index contributed by atoms with van der Waals surface area (Å²) in [6.45, 7) is 5.44. The molecule has 0 aliphatic carbocycles. The SMILES string of the molecule is Cc1[nH]c2ccccc2c1/C=C(/C#N)C(=O)Nc1nnc(S(=O)(=O)CC(C)C)s1. The van der Waals surface area contributed by atoms with Gasteiger partial charge in [-0.2, -0.15) is 5.26 Å². The van der Waals surface area contributed by atoms with E-state index < -0.39 is 15.7 Å². The van der Waals surface area contributed by atoms with Crippen molar-refractivity contribution in [2.24, 2.45) is 5.92 Å². The highest BCUT2D eigenvalue weighted by Crippen LogP contribution is 2.26. The number of aromatic amines is 1. The van der Waals surface area contributed by atoms with Crippen LogP contribution in [0, 0.1) is 24.2 Å². The van der Waals surface area contributed by atoms with Crippen LogP contribution in [0.2, 0.25) is 0 Å². The zero-order valence-corrected chi connectivity index (χ0v) is 17.7. The molecule has 0 spiro atoms. The van der Waals surface area contributed by atoms with Gasteiger partial charge in [0.25, 0.3) is 5.91 Å². The average Bonchev–Trinajstić information content (AvgIpc) is 3.23. The number of aryl methyl sites for hydroxylation is 1. The van der Waals surface area contributed by atoms with E-state index in [0.29, 0.717) is 0 Å². The minimum atomic E-state index is -3.56. The van der Waals surface area contributed by atoms with Crippen LogP contribution < -0.4 is 5.32 Å². The molecule has 0 bridgehead atoms. The number of benzene rings is 1. The summed E-state index contributed by atoms with van der Waals surface area (Å²) < 4.78 is 24.3. The van der Waals surface area contributed by atoms with Gasteiger partial charge in [-0.1, -0.05) is 43.4 Å². The van der Waals surface area contributed by atoms with Crippen LogP contribution in [0.4, 0.5) is 5.13 Å². The first-order valence-corrected chi connectivity index (χ1v) is 11.2. The largest absolute Gasteiger partial charge is 0.358 e. The van der Waals surface area contributed by atoms with Gasteiger partial charge in [0.05, 0.1) is 5.75 Å². The number of para-hydroxylation sites is 1. The molecular formula is C19H19N5O3S2. The van der Waals surface area contributed by atoms with Gasteiger partial charge in [-0.15, -0.1) is 10.2 Å². The van der Waals surface area contributed by atoms with Crippen LogP contribution in [0.15, 0.2) is 34.2 Å². The van der Waals surface area contributed by atoms with Crippen molar-refractivity contribution in [2.45, 2.75) is 25.1 Å². The Morgan fingerprint density at radius 2 is 2.07 bits per heavy atom. The van der Waals surface area contributed by atoms with Gasteiger partial charge >= 0.3 is 0 Å². The number of hydrogen-bond acceptors (Lipinski definition) is 7. The first-order valence-electron chi connectivity index (χ1n) is 8.78. The molecule has 3 aromatic rings. The van der Waals surface area contributed by atoms with Crippen LogP contribution in [-0.4, -0.2) is 35.3 Å². The molecule has 150 valence electrons. The van der Waals surface area contributed by atoms with E-state index in [4.69, 9.17) is 0 Å². The van der Waals surface area contributed by atoms with Gasteiger partial charge in [-0.05, 0) is 25.0 Å². The number of sulfone groups is 1. The molecule has 1 aromatic carbocycles. The van der Waals surface area contributed by atoms with Crippen LogP contribution in [0.5, 0.6) is 0 Å². The molecule has 0 saturated carbocycles. The molecule has 2 heterocycles. The molecule has 0 radical (unpaired) electrons. The van der Waals surface area contributed by atoms with Crippen LogP contribution in [-0.2, 0) is 14.6 Å². The fraction of sp³-hybridized carbons (Fsp3) is 0.263. The van der Waals surface area contributed by atoms with E-state index in [-0.39, 0.29) is 26.7 Å². The number of nitrogens with one attached hydrogen (secondary N) is 2. The van der Waals surface area contributed by atoms with Crippen molar-refractivity contribution < 1.29 is 13.2 Å².